The number of aromatic nitrogens is 1. The van der Waals surface area contributed by atoms with E-state index in [1.807, 2.05) is 5.38 Å². The molecule has 3 rings (SSSR count). The van der Waals surface area contributed by atoms with Crippen LogP contribution in [0, 0.1) is 6.92 Å². The lowest BCUT2D eigenvalue weighted by Gasteiger charge is -1.97. The lowest BCUT2D eigenvalue weighted by atomic mass is 10.1. The number of rotatable bonds is 5. The number of aryl methyl sites for hydroxylation is 1. The highest BCUT2D eigenvalue weighted by atomic mass is 32.2. The molecule has 0 atom stereocenters. The van der Waals surface area contributed by atoms with E-state index >= 15 is 0 Å². The molecule has 3 aromatic rings. The second kappa shape index (κ2) is 6.51. The molecule has 0 fully saturated rings. The minimum absolute atomic E-state index is 0.00702. The summed E-state index contributed by atoms with van der Waals surface area (Å²) in [5.74, 6) is 1.18. The van der Waals surface area contributed by atoms with E-state index in [4.69, 9.17) is 4.42 Å². The SMILES string of the molecule is Cc1ccc(-c2csc(SCc3ccc(S(C)(=O)=O)o3)n2)cc1. The first kappa shape index (κ1) is 16.3. The monoisotopic (exact) mass is 365 g/mol. The van der Waals surface area contributed by atoms with Gasteiger partial charge in [0.1, 0.15) is 5.76 Å². The van der Waals surface area contributed by atoms with Crippen LogP contribution in [-0.2, 0) is 15.6 Å². The number of furan rings is 1. The van der Waals surface area contributed by atoms with Gasteiger partial charge in [-0.05, 0) is 19.1 Å². The Kier molecular flexibility index (Phi) is 4.61. The Morgan fingerprint density at radius 1 is 1.17 bits per heavy atom. The molecule has 0 unspecified atom stereocenters. The molecule has 0 aliphatic heterocycles. The van der Waals surface area contributed by atoms with Crippen molar-refractivity contribution in [1.82, 2.24) is 4.98 Å². The molecule has 120 valence electrons. The summed E-state index contributed by atoms with van der Waals surface area (Å²) in [6, 6.07) is 11.4. The summed E-state index contributed by atoms with van der Waals surface area (Å²) in [6.45, 7) is 2.06. The van der Waals surface area contributed by atoms with Crippen molar-refractivity contribution >= 4 is 32.9 Å². The number of thioether (sulfide) groups is 1. The molecule has 0 bridgehead atoms. The van der Waals surface area contributed by atoms with Crippen molar-refractivity contribution in [1.29, 1.82) is 0 Å². The van der Waals surface area contributed by atoms with Crippen LogP contribution in [0.15, 0.2) is 55.6 Å². The zero-order valence-electron chi connectivity index (χ0n) is 12.6. The van der Waals surface area contributed by atoms with Crippen LogP contribution in [0.1, 0.15) is 11.3 Å². The summed E-state index contributed by atoms with van der Waals surface area (Å²) < 4.78 is 29.1. The van der Waals surface area contributed by atoms with Crippen molar-refractivity contribution in [2.75, 3.05) is 6.26 Å². The maximum atomic E-state index is 11.4. The smallest absolute Gasteiger partial charge is 0.217 e. The van der Waals surface area contributed by atoms with Gasteiger partial charge < -0.3 is 4.42 Å². The molecule has 0 amide bonds. The van der Waals surface area contributed by atoms with Crippen molar-refractivity contribution in [2.45, 2.75) is 22.1 Å². The fourth-order valence-electron chi connectivity index (χ4n) is 1.95. The lowest BCUT2D eigenvalue weighted by molar-refractivity contribution is 0.428. The van der Waals surface area contributed by atoms with Crippen LogP contribution in [-0.4, -0.2) is 19.7 Å². The topological polar surface area (TPSA) is 60.2 Å². The quantitative estimate of drug-likeness (QED) is 0.627. The first-order valence-corrected chi connectivity index (χ1v) is 10.6. The van der Waals surface area contributed by atoms with Crippen LogP contribution in [0.3, 0.4) is 0 Å². The number of benzene rings is 1. The molecular formula is C16H15NO3S3. The molecule has 0 N–H and O–H groups in total. The van der Waals surface area contributed by atoms with Gasteiger partial charge in [-0.1, -0.05) is 41.6 Å². The number of hydrogen-bond acceptors (Lipinski definition) is 6. The molecule has 0 aliphatic carbocycles. The van der Waals surface area contributed by atoms with Crippen LogP contribution in [0.2, 0.25) is 0 Å². The van der Waals surface area contributed by atoms with Crippen LogP contribution in [0.25, 0.3) is 11.3 Å². The van der Waals surface area contributed by atoms with Gasteiger partial charge in [0.25, 0.3) is 0 Å². The molecule has 23 heavy (non-hydrogen) atoms. The first-order valence-electron chi connectivity index (χ1n) is 6.86. The summed E-state index contributed by atoms with van der Waals surface area (Å²) in [5, 5.41) is 2.03. The van der Waals surface area contributed by atoms with E-state index in [0.717, 1.165) is 21.9 Å². The van der Waals surface area contributed by atoms with Crippen molar-refractivity contribution < 1.29 is 12.8 Å². The molecule has 0 spiro atoms. The average molecular weight is 366 g/mol. The van der Waals surface area contributed by atoms with Crippen molar-refractivity contribution in [3.8, 4) is 11.3 Å². The second-order valence-electron chi connectivity index (χ2n) is 5.15. The van der Waals surface area contributed by atoms with Crippen molar-refractivity contribution in [3.63, 3.8) is 0 Å². The maximum absolute atomic E-state index is 11.4. The molecule has 7 heteroatoms. The van der Waals surface area contributed by atoms with E-state index in [1.54, 1.807) is 17.4 Å². The molecule has 0 saturated carbocycles. The molecule has 4 nitrogen and oxygen atoms in total. The molecule has 0 saturated heterocycles. The number of sulfone groups is 1. The van der Waals surface area contributed by atoms with Crippen LogP contribution >= 0.6 is 23.1 Å². The molecule has 0 radical (unpaired) electrons. The Labute approximate surface area is 143 Å². The van der Waals surface area contributed by atoms with Crippen LogP contribution in [0.5, 0.6) is 0 Å². The van der Waals surface area contributed by atoms with Crippen LogP contribution < -0.4 is 0 Å². The minimum atomic E-state index is -3.29. The predicted molar refractivity (Wildman–Crippen MR) is 93.7 cm³/mol. The molecular weight excluding hydrogens is 350 g/mol. The Balaban J connectivity index is 1.68. The highest BCUT2D eigenvalue weighted by Gasteiger charge is 2.13. The van der Waals surface area contributed by atoms with Crippen molar-refractivity contribution in [2.24, 2.45) is 0 Å². The van der Waals surface area contributed by atoms with Gasteiger partial charge in [-0.2, -0.15) is 0 Å². The highest BCUT2D eigenvalue weighted by Crippen LogP contribution is 2.31. The van der Waals surface area contributed by atoms with Gasteiger partial charge in [0.2, 0.25) is 14.9 Å². The standard InChI is InChI=1S/C16H15NO3S3/c1-11-3-5-12(6-4-11)14-10-22-16(17-14)21-9-13-7-8-15(20-13)23(2,18)19/h3-8,10H,9H2,1-2H3. The van der Waals surface area contributed by atoms with Gasteiger partial charge in [-0.3, -0.25) is 0 Å². The summed E-state index contributed by atoms with van der Waals surface area (Å²) in [4.78, 5) is 4.60. The summed E-state index contributed by atoms with van der Waals surface area (Å²) in [6.07, 6.45) is 1.14. The Hall–Kier alpha value is -1.57. The largest absolute Gasteiger partial charge is 0.449 e. The fraction of sp³-hybridized carbons (Fsp3) is 0.188. The van der Waals surface area contributed by atoms with E-state index in [9.17, 15) is 8.42 Å². The Morgan fingerprint density at radius 2 is 1.91 bits per heavy atom. The van der Waals surface area contributed by atoms with Crippen molar-refractivity contribution in [3.05, 3.63) is 53.1 Å². The molecule has 2 aromatic heterocycles. The Morgan fingerprint density at radius 3 is 2.57 bits per heavy atom. The third-order valence-electron chi connectivity index (χ3n) is 3.17. The normalized spacial score (nSPS) is 11.7. The number of nitrogens with zero attached hydrogens (tertiary/aromatic N) is 1. The lowest BCUT2D eigenvalue weighted by Crippen LogP contribution is -1.93. The van der Waals surface area contributed by atoms with Gasteiger partial charge in [-0.25, -0.2) is 13.4 Å². The Bertz CT molecular complexity index is 908. The summed E-state index contributed by atoms with van der Waals surface area (Å²) in [7, 11) is -3.29. The summed E-state index contributed by atoms with van der Waals surface area (Å²) >= 11 is 3.11. The van der Waals surface area contributed by atoms with E-state index in [2.05, 4.69) is 36.2 Å². The van der Waals surface area contributed by atoms with E-state index in [1.165, 1.54) is 23.4 Å². The second-order valence-corrected chi connectivity index (χ2v) is 9.17. The van der Waals surface area contributed by atoms with E-state index < -0.39 is 9.84 Å². The number of hydrogen-bond donors (Lipinski definition) is 0. The predicted octanol–water partition coefficient (Wildman–Crippen LogP) is 4.41. The average Bonchev–Trinajstić information content (AvgIpc) is 3.15. The van der Waals surface area contributed by atoms with Gasteiger partial charge in [0.05, 0.1) is 11.4 Å². The van der Waals surface area contributed by atoms with Gasteiger partial charge >= 0.3 is 0 Å². The minimum Gasteiger partial charge on any atom is -0.449 e. The highest BCUT2D eigenvalue weighted by molar-refractivity contribution is 8.00. The first-order chi connectivity index (χ1) is 10.9. The fourth-order valence-corrected chi connectivity index (χ4v) is 4.25. The summed E-state index contributed by atoms with van der Waals surface area (Å²) in [5.41, 5.74) is 3.27. The third-order valence-corrected chi connectivity index (χ3v) is 6.16. The third kappa shape index (κ3) is 4.04. The van der Waals surface area contributed by atoms with Gasteiger partial charge in [-0.15, -0.1) is 11.3 Å². The maximum Gasteiger partial charge on any atom is 0.217 e. The van der Waals surface area contributed by atoms with E-state index in [-0.39, 0.29) is 5.09 Å². The molecule has 1 aromatic carbocycles. The van der Waals surface area contributed by atoms with Gasteiger partial charge in [0.15, 0.2) is 4.34 Å². The number of thiazole rings is 1. The van der Waals surface area contributed by atoms with Crippen LogP contribution in [0.4, 0.5) is 0 Å². The molecule has 2 heterocycles. The zero-order valence-corrected chi connectivity index (χ0v) is 15.1. The van der Waals surface area contributed by atoms with Gasteiger partial charge in [0, 0.05) is 17.2 Å². The zero-order chi connectivity index (χ0) is 16.4. The molecule has 0 aliphatic rings. The van der Waals surface area contributed by atoms with E-state index in [0.29, 0.717) is 11.5 Å².